The van der Waals surface area contributed by atoms with Gasteiger partial charge in [0.15, 0.2) is 5.78 Å². The Hall–Kier alpha value is -2.09. The maximum Gasteiger partial charge on any atom is 0.173 e. The minimum Gasteiger partial charge on any atom is -0.486 e. The lowest BCUT2D eigenvalue weighted by Crippen LogP contribution is -2.29. The first-order valence-electron chi connectivity index (χ1n) is 8.93. The predicted molar refractivity (Wildman–Crippen MR) is 98.0 cm³/mol. The van der Waals surface area contributed by atoms with E-state index in [0.29, 0.717) is 11.8 Å². The molecule has 0 saturated heterocycles. The molecule has 0 spiro atoms. The van der Waals surface area contributed by atoms with Crippen molar-refractivity contribution >= 4 is 5.78 Å². The fourth-order valence-corrected chi connectivity index (χ4v) is 3.86. The Bertz CT molecular complexity index is 650. The van der Waals surface area contributed by atoms with Gasteiger partial charge >= 0.3 is 0 Å². The van der Waals surface area contributed by atoms with Crippen LogP contribution in [-0.4, -0.2) is 12.4 Å². The van der Waals surface area contributed by atoms with Crippen LogP contribution >= 0.6 is 0 Å². The zero-order chi connectivity index (χ0) is 16.9. The maximum absolute atomic E-state index is 12.4. The van der Waals surface area contributed by atoms with Crippen molar-refractivity contribution in [1.82, 2.24) is 0 Å². The summed E-state index contributed by atoms with van der Waals surface area (Å²) in [5.74, 6) is 2.48. The highest BCUT2D eigenvalue weighted by Crippen LogP contribution is 2.33. The molecule has 2 heteroatoms. The number of ketones is 1. The molecular weight excluding hydrogens is 296 g/mol. The fraction of sp³-hybridized carbons (Fsp3) is 0.409. The van der Waals surface area contributed by atoms with E-state index in [-0.39, 0.29) is 18.3 Å². The first kappa shape index (κ1) is 16.8. The molecule has 0 bridgehead atoms. The standard InChI is InChI=1S/C22H26O2/c1-16-12-17(2)14-20(13-16)22(23)15-24-21-10-8-19(9-11-21)18-6-4-3-5-7-18/h3-11,16-17,20H,12-15H2,1-2H3. The summed E-state index contributed by atoms with van der Waals surface area (Å²) in [5.41, 5.74) is 2.34. The van der Waals surface area contributed by atoms with Gasteiger partial charge < -0.3 is 4.74 Å². The van der Waals surface area contributed by atoms with Crippen molar-refractivity contribution in [2.45, 2.75) is 33.1 Å². The second kappa shape index (κ2) is 7.65. The molecule has 1 aliphatic carbocycles. The Balaban J connectivity index is 1.56. The lowest BCUT2D eigenvalue weighted by Gasteiger charge is -2.30. The molecule has 2 aromatic rings. The van der Waals surface area contributed by atoms with Gasteiger partial charge in [-0.3, -0.25) is 4.79 Å². The molecule has 2 nitrogen and oxygen atoms in total. The quantitative estimate of drug-likeness (QED) is 0.739. The van der Waals surface area contributed by atoms with E-state index in [1.54, 1.807) is 0 Å². The minimum atomic E-state index is 0.173. The zero-order valence-corrected chi connectivity index (χ0v) is 14.6. The number of rotatable bonds is 5. The predicted octanol–water partition coefficient (Wildman–Crippen LogP) is 5.37. The van der Waals surface area contributed by atoms with Crippen LogP contribution in [0.4, 0.5) is 0 Å². The van der Waals surface area contributed by atoms with Crippen LogP contribution in [0.1, 0.15) is 33.1 Å². The number of hydrogen-bond donors (Lipinski definition) is 0. The van der Waals surface area contributed by atoms with Gasteiger partial charge in [-0.05, 0) is 54.4 Å². The van der Waals surface area contributed by atoms with Crippen molar-refractivity contribution in [3.8, 4) is 16.9 Å². The SMILES string of the molecule is CC1CC(C)CC(C(=O)COc2ccc(-c3ccccc3)cc2)C1. The highest BCUT2D eigenvalue weighted by molar-refractivity contribution is 5.82. The molecule has 1 saturated carbocycles. The van der Waals surface area contributed by atoms with Crippen LogP contribution in [-0.2, 0) is 4.79 Å². The van der Waals surface area contributed by atoms with Gasteiger partial charge in [-0.2, -0.15) is 0 Å². The number of ether oxygens (including phenoxy) is 1. The highest BCUT2D eigenvalue weighted by Gasteiger charge is 2.28. The molecule has 2 unspecified atom stereocenters. The van der Waals surface area contributed by atoms with Crippen molar-refractivity contribution in [1.29, 1.82) is 0 Å². The van der Waals surface area contributed by atoms with E-state index >= 15 is 0 Å². The van der Waals surface area contributed by atoms with E-state index in [0.717, 1.165) is 24.2 Å². The largest absolute Gasteiger partial charge is 0.486 e. The molecule has 2 atom stereocenters. The summed E-state index contributed by atoms with van der Waals surface area (Å²) in [5, 5.41) is 0. The zero-order valence-electron chi connectivity index (χ0n) is 14.6. The molecule has 1 aliphatic rings. The van der Waals surface area contributed by atoms with Crippen LogP contribution in [0, 0.1) is 17.8 Å². The lowest BCUT2D eigenvalue weighted by molar-refractivity contribution is -0.126. The van der Waals surface area contributed by atoms with Gasteiger partial charge in [-0.15, -0.1) is 0 Å². The van der Waals surface area contributed by atoms with Crippen molar-refractivity contribution in [2.75, 3.05) is 6.61 Å². The van der Waals surface area contributed by atoms with Gasteiger partial charge in [-0.1, -0.05) is 56.3 Å². The second-order valence-corrected chi connectivity index (χ2v) is 7.26. The third-order valence-corrected chi connectivity index (χ3v) is 4.98. The summed E-state index contributed by atoms with van der Waals surface area (Å²) in [6.45, 7) is 4.69. The highest BCUT2D eigenvalue weighted by atomic mass is 16.5. The van der Waals surface area contributed by atoms with Crippen molar-refractivity contribution in [2.24, 2.45) is 17.8 Å². The van der Waals surface area contributed by atoms with E-state index in [1.807, 2.05) is 42.5 Å². The Morgan fingerprint density at radius 2 is 1.46 bits per heavy atom. The number of benzene rings is 2. The Morgan fingerprint density at radius 3 is 2.08 bits per heavy atom. The average molecular weight is 322 g/mol. The van der Waals surface area contributed by atoms with E-state index in [1.165, 1.54) is 12.0 Å². The normalized spacial score (nSPS) is 23.7. The van der Waals surface area contributed by atoms with Crippen molar-refractivity contribution in [3.63, 3.8) is 0 Å². The Labute approximate surface area is 144 Å². The molecule has 3 rings (SSSR count). The summed E-state index contributed by atoms with van der Waals surface area (Å²) in [4.78, 5) is 12.4. The summed E-state index contributed by atoms with van der Waals surface area (Å²) in [6, 6.07) is 18.2. The molecule has 0 aromatic heterocycles. The van der Waals surface area contributed by atoms with E-state index in [2.05, 4.69) is 26.0 Å². The number of carbonyl (C=O) groups excluding carboxylic acids is 1. The van der Waals surface area contributed by atoms with Gasteiger partial charge in [0.1, 0.15) is 12.4 Å². The third kappa shape index (κ3) is 4.25. The molecule has 0 aliphatic heterocycles. The van der Waals surface area contributed by atoms with Crippen LogP contribution in [0.15, 0.2) is 54.6 Å². The molecule has 0 radical (unpaired) electrons. The van der Waals surface area contributed by atoms with Crippen molar-refractivity contribution < 1.29 is 9.53 Å². The van der Waals surface area contributed by atoms with Crippen LogP contribution in [0.3, 0.4) is 0 Å². The van der Waals surface area contributed by atoms with Crippen LogP contribution in [0.5, 0.6) is 5.75 Å². The minimum absolute atomic E-state index is 0.173. The number of carbonyl (C=O) groups is 1. The average Bonchev–Trinajstić information content (AvgIpc) is 2.60. The van der Waals surface area contributed by atoms with Gasteiger partial charge in [0, 0.05) is 5.92 Å². The number of Topliss-reactive ketones (excluding diaryl/α,β-unsaturated/α-hetero) is 1. The second-order valence-electron chi connectivity index (χ2n) is 7.26. The van der Waals surface area contributed by atoms with Crippen LogP contribution in [0.2, 0.25) is 0 Å². The molecule has 0 N–H and O–H groups in total. The van der Waals surface area contributed by atoms with Crippen molar-refractivity contribution in [3.05, 3.63) is 54.6 Å². The summed E-state index contributed by atoms with van der Waals surface area (Å²) < 4.78 is 5.73. The summed E-state index contributed by atoms with van der Waals surface area (Å²) in [7, 11) is 0. The van der Waals surface area contributed by atoms with Crippen LogP contribution < -0.4 is 4.74 Å². The number of hydrogen-bond acceptors (Lipinski definition) is 2. The van der Waals surface area contributed by atoms with Gasteiger partial charge in [0.05, 0.1) is 0 Å². The van der Waals surface area contributed by atoms with E-state index in [9.17, 15) is 4.79 Å². The summed E-state index contributed by atoms with van der Waals surface area (Å²) in [6.07, 6.45) is 3.27. The smallest absolute Gasteiger partial charge is 0.173 e. The van der Waals surface area contributed by atoms with E-state index in [4.69, 9.17) is 4.74 Å². The Kier molecular flexibility index (Phi) is 5.34. The monoisotopic (exact) mass is 322 g/mol. The van der Waals surface area contributed by atoms with Gasteiger partial charge in [0.25, 0.3) is 0 Å². The molecular formula is C22H26O2. The topological polar surface area (TPSA) is 26.3 Å². The van der Waals surface area contributed by atoms with E-state index < -0.39 is 0 Å². The van der Waals surface area contributed by atoms with Crippen LogP contribution in [0.25, 0.3) is 11.1 Å². The fourth-order valence-electron chi connectivity index (χ4n) is 3.86. The first-order valence-corrected chi connectivity index (χ1v) is 8.93. The molecule has 0 amide bonds. The molecule has 0 heterocycles. The maximum atomic E-state index is 12.4. The van der Waals surface area contributed by atoms with Gasteiger partial charge in [-0.25, -0.2) is 0 Å². The lowest BCUT2D eigenvalue weighted by atomic mass is 9.75. The molecule has 2 aromatic carbocycles. The molecule has 126 valence electrons. The molecule has 24 heavy (non-hydrogen) atoms. The van der Waals surface area contributed by atoms with Gasteiger partial charge in [0.2, 0.25) is 0 Å². The Morgan fingerprint density at radius 1 is 0.875 bits per heavy atom. The molecule has 1 fully saturated rings. The summed E-state index contributed by atoms with van der Waals surface area (Å²) >= 11 is 0. The first-order chi connectivity index (χ1) is 11.6. The third-order valence-electron chi connectivity index (χ3n) is 4.98.